The van der Waals surface area contributed by atoms with Crippen LogP contribution in [-0.4, -0.2) is 109 Å². The summed E-state index contributed by atoms with van der Waals surface area (Å²) in [6.07, 6.45) is -5.34. The van der Waals surface area contributed by atoms with Crippen LogP contribution in [0.5, 0.6) is 34.5 Å². The van der Waals surface area contributed by atoms with Gasteiger partial charge in [0.05, 0.1) is 41.7 Å². The van der Waals surface area contributed by atoms with Crippen LogP contribution in [0.4, 0.5) is 0 Å². The number of phenols is 2. The second-order valence-electron chi connectivity index (χ2n) is 9.61. The SMILES string of the molecule is COc1cc([C@H]2c3c(cc(OC)c(O)c3OC)C=C(C=O)[C@@H]2CO[C@@H]2O[C@H](CO)[C@@H](O)[C@H](O)[C@H]2O)cc(OC)c1O. The van der Waals surface area contributed by atoms with Gasteiger partial charge in [0.2, 0.25) is 11.5 Å². The minimum Gasteiger partial charge on any atom is -0.502 e. The number of ether oxygens (including phenoxy) is 6. The largest absolute Gasteiger partial charge is 0.502 e. The molecule has 224 valence electrons. The number of carbonyl (C=O) groups is 1. The Balaban J connectivity index is 1.87. The summed E-state index contributed by atoms with van der Waals surface area (Å²) in [4.78, 5) is 12.4. The molecule has 4 rings (SSSR count). The normalized spacial score (nSPS) is 27.4. The third kappa shape index (κ3) is 5.39. The lowest BCUT2D eigenvalue weighted by atomic mass is 9.71. The number of aliphatic hydroxyl groups excluding tert-OH is 4. The van der Waals surface area contributed by atoms with Gasteiger partial charge in [-0.2, -0.15) is 0 Å². The summed E-state index contributed by atoms with van der Waals surface area (Å²) in [6.45, 7) is -0.923. The van der Waals surface area contributed by atoms with Crippen LogP contribution in [0.2, 0.25) is 0 Å². The van der Waals surface area contributed by atoms with Crippen molar-refractivity contribution in [3.05, 3.63) is 40.5 Å². The van der Waals surface area contributed by atoms with Crippen LogP contribution in [0.1, 0.15) is 22.6 Å². The van der Waals surface area contributed by atoms with Gasteiger partial charge in [0.1, 0.15) is 30.7 Å². The standard InChI is InChI=1S/C28H34O13/c1-36-16-7-13(8-17(37-2)22(16)31)20-15(11-40-28-26(35)25(34)23(32)19(10-30)41-28)14(9-29)5-12-6-18(38-3)24(33)27(39-4)21(12)20/h5-9,15,19-20,23,25-26,28,30-35H,10-11H2,1-4H3/t15-,19+,20+,23+,25-,26+,28+/m0/s1. The number of methoxy groups -OCH3 is 4. The predicted octanol–water partition coefficient (Wildman–Crippen LogP) is 0.293. The van der Waals surface area contributed by atoms with Gasteiger partial charge in [-0.25, -0.2) is 0 Å². The van der Waals surface area contributed by atoms with Crippen molar-refractivity contribution in [1.82, 2.24) is 0 Å². The van der Waals surface area contributed by atoms with Gasteiger partial charge in [-0.3, -0.25) is 4.79 Å². The summed E-state index contributed by atoms with van der Waals surface area (Å²) in [7, 11) is 5.46. The summed E-state index contributed by atoms with van der Waals surface area (Å²) in [5, 5.41) is 61.9. The highest BCUT2D eigenvalue weighted by Crippen LogP contribution is 2.53. The molecule has 0 saturated carbocycles. The molecule has 1 fully saturated rings. The molecule has 1 aliphatic carbocycles. The van der Waals surface area contributed by atoms with Crippen molar-refractivity contribution in [2.45, 2.75) is 36.6 Å². The van der Waals surface area contributed by atoms with E-state index in [9.17, 15) is 35.4 Å². The average molecular weight is 579 g/mol. The summed E-state index contributed by atoms with van der Waals surface area (Å²) in [5.41, 5.74) is 1.69. The van der Waals surface area contributed by atoms with E-state index >= 15 is 0 Å². The number of carbonyl (C=O) groups excluding carboxylic acids is 1. The summed E-state index contributed by atoms with van der Waals surface area (Å²) in [5.74, 6) is -1.81. The highest BCUT2D eigenvalue weighted by atomic mass is 16.7. The van der Waals surface area contributed by atoms with E-state index in [1.54, 1.807) is 24.3 Å². The Morgan fingerprint density at radius 1 is 0.854 bits per heavy atom. The molecule has 2 aromatic rings. The van der Waals surface area contributed by atoms with Crippen molar-refractivity contribution >= 4 is 12.4 Å². The van der Waals surface area contributed by atoms with Gasteiger partial charge in [0.15, 0.2) is 29.3 Å². The van der Waals surface area contributed by atoms with Gasteiger partial charge in [0.25, 0.3) is 0 Å². The molecule has 1 saturated heterocycles. The molecule has 13 nitrogen and oxygen atoms in total. The Morgan fingerprint density at radius 2 is 1.46 bits per heavy atom. The van der Waals surface area contributed by atoms with Gasteiger partial charge < -0.3 is 59.1 Å². The van der Waals surface area contributed by atoms with E-state index in [4.69, 9.17) is 28.4 Å². The molecule has 41 heavy (non-hydrogen) atoms. The Hall–Kier alpha value is -3.59. The second-order valence-corrected chi connectivity index (χ2v) is 9.61. The van der Waals surface area contributed by atoms with Crippen LogP contribution in [0.25, 0.3) is 6.08 Å². The molecular formula is C28H34O13. The molecule has 13 heteroatoms. The molecule has 0 bridgehead atoms. The van der Waals surface area contributed by atoms with Crippen molar-refractivity contribution in [3.63, 3.8) is 0 Å². The fourth-order valence-electron chi connectivity index (χ4n) is 5.35. The van der Waals surface area contributed by atoms with E-state index in [2.05, 4.69) is 0 Å². The van der Waals surface area contributed by atoms with Crippen molar-refractivity contribution < 1.29 is 63.9 Å². The Morgan fingerprint density at radius 3 is 2.00 bits per heavy atom. The zero-order valence-corrected chi connectivity index (χ0v) is 22.9. The molecule has 2 aliphatic rings. The van der Waals surface area contributed by atoms with Crippen molar-refractivity contribution in [3.8, 4) is 34.5 Å². The third-order valence-electron chi connectivity index (χ3n) is 7.46. The van der Waals surface area contributed by atoms with Crippen molar-refractivity contribution in [1.29, 1.82) is 0 Å². The highest BCUT2D eigenvalue weighted by Gasteiger charge is 2.45. The molecule has 1 heterocycles. The van der Waals surface area contributed by atoms with Gasteiger partial charge >= 0.3 is 0 Å². The highest BCUT2D eigenvalue weighted by molar-refractivity contribution is 5.87. The minimum atomic E-state index is -1.66. The molecule has 0 unspecified atom stereocenters. The molecular weight excluding hydrogens is 544 g/mol. The maximum Gasteiger partial charge on any atom is 0.201 e. The lowest BCUT2D eigenvalue weighted by Crippen LogP contribution is -2.59. The number of benzene rings is 2. The first-order valence-corrected chi connectivity index (χ1v) is 12.7. The van der Waals surface area contributed by atoms with Crippen molar-refractivity contribution in [2.75, 3.05) is 41.7 Å². The Kier molecular flexibility index (Phi) is 9.27. The number of hydrogen-bond donors (Lipinski definition) is 6. The number of aldehydes is 1. The number of phenolic OH excluding ortho intramolecular Hbond substituents is 2. The predicted molar refractivity (Wildman–Crippen MR) is 142 cm³/mol. The Labute approximate surface area is 235 Å². The first-order valence-electron chi connectivity index (χ1n) is 12.7. The van der Waals surface area contributed by atoms with E-state index < -0.39 is 49.1 Å². The van der Waals surface area contributed by atoms with E-state index in [0.29, 0.717) is 23.0 Å². The molecule has 1 aliphatic heterocycles. The minimum absolute atomic E-state index is 0.0643. The van der Waals surface area contributed by atoms with Crippen LogP contribution in [0, 0.1) is 5.92 Å². The molecule has 7 atom stereocenters. The smallest absolute Gasteiger partial charge is 0.201 e. The molecule has 0 radical (unpaired) electrons. The van der Waals surface area contributed by atoms with E-state index in [1.807, 2.05) is 0 Å². The van der Waals surface area contributed by atoms with E-state index in [0.717, 1.165) is 0 Å². The number of rotatable bonds is 10. The lowest BCUT2D eigenvalue weighted by Gasteiger charge is -2.41. The monoisotopic (exact) mass is 578 g/mol. The van der Waals surface area contributed by atoms with E-state index in [-0.39, 0.29) is 46.7 Å². The van der Waals surface area contributed by atoms with Crippen molar-refractivity contribution in [2.24, 2.45) is 5.92 Å². The number of aliphatic hydroxyl groups is 4. The summed E-state index contributed by atoms with van der Waals surface area (Å²) >= 11 is 0. The first-order chi connectivity index (χ1) is 19.6. The molecule has 2 aromatic carbocycles. The second kappa shape index (κ2) is 12.5. The molecule has 0 aromatic heterocycles. The van der Waals surface area contributed by atoms with Crippen LogP contribution >= 0.6 is 0 Å². The number of hydrogen-bond acceptors (Lipinski definition) is 13. The maximum atomic E-state index is 12.4. The zero-order valence-electron chi connectivity index (χ0n) is 22.9. The van der Waals surface area contributed by atoms with E-state index in [1.165, 1.54) is 28.4 Å². The molecule has 0 amide bonds. The van der Waals surface area contributed by atoms with Gasteiger partial charge in [-0.15, -0.1) is 0 Å². The topological polar surface area (TPSA) is 194 Å². The quantitative estimate of drug-likeness (QED) is 0.211. The summed E-state index contributed by atoms with van der Waals surface area (Å²) < 4.78 is 33.0. The van der Waals surface area contributed by atoms with Crippen LogP contribution in [0.15, 0.2) is 23.8 Å². The Bertz CT molecular complexity index is 1270. The van der Waals surface area contributed by atoms with Gasteiger partial charge in [-0.1, -0.05) is 0 Å². The lowest BCUT2D eigenvalue weighted by molar-refractivity contribution is -0.302. The first kappa shape index (κ1) is 30.4. The number of aromatic hydroxyl groups is 2. The molecule has 0 spiro atoms. The van der Waals surface area contributed by atoms with Gasteiger partial charge in [0, 0.05) is 17.4 Å². The van der Waals surface area contributed by atoms with Crippen LogP contribution in [-0.2, 0) is 14.3 Å². The maximum absolute atomic E-state index is 12.4. The average Bonchev–Trinajstić information content (AvgIpc) is 2.98. The summed E-state index contributed by atoms with van der Waals surface area (Å²) in [6, 6.07) is 4.64. The van der Waals surface area contributed by atoms with Crippen LogP contribution < -0.4 is 18.9 Å². The third-order valence-corrected chi connectivity index (χ3v) is 7.46. The molecule has 6 N–H and O–H groups in total. The fourth-order valence-corrected chi connectivity index (χ4v) is 5.35. The van der Waals surface area contributed by atoms with Crippen LogP contribution in [0.3, 0.4) is 0 Å². The fraction of sp³-hybridized carbons (Fsp3) is 0.464. The zero-order chi connectivity index (χ0) is 30.0. The number of fused-ring (bicyclic) bond motifs is 1. The van der Waals surface area contributed by atoms with Gasteiger partial charge in [-0.05, 0) is 41.0 Å².